The third-order valence-corrected chi connectivity index (χ3v) is 4.71. The number of aromatic nitrogens is 2. The summed E-state index contributed by atoms with van der Waals surface area (Å²) >= 11 is 5.79. The molecule has 1 aromatic heterocycles. The number of benzene rings is 1. The van der Waals surface area contributed by atoms with Crippen LogP contribution in [0.2, 0.25) is 5.02 Å². The van der Waals surface area contributed by atoms with Crippen molar-refractivity contribution in [3.05, 3.63) is 34.5 Å². The molecule has 0 spiro atoms. The van der Waals surface area contributed by atoms with Crippen molar-refractivity contribution >= 4 is 27.5 Å². The van der Waals surface area contributed by atoms with Crippen molar-refractivity contribution in [3.8, 4) is 5.75 Å². The first-order chi connectivity index (χ1) is 12.1. The number of carbonyl (C=O) groups is 1. The summed E-state index contributed by atoms with van der Waals surface area (Å²) in [5, 5.41) is 17.5. The lowest BCUT2D eigenvalue weighted by Crippen LogP contribution is -2.14. The summed E-state index contributed by atoms with van der Waals surface area (Å²) in [5.41, 5.74) is 5.90. The Labute approximate surface area is 154 Å². The topological polar surface area (TPSA) is 157 Å². The number of nitrogens with two attached hydrogens (primary N) is 1. The van der Waals surface area contributed by atoms with Crippen molar-refractivity contribution in [1.29, 1.82) is 0 Å². The Bertz CT molecular complexity index is 912. The van der Waals surface area contributed by atoms with E-state index in [2.05, 4.69) is 10.2 Å². The summed E-state index contributed by atoms with van der Waals surface area (Å²) in [5.74, 6) is -0.342. The van der Waals surface area contributed by atoms with E-state index < -0.39 is 26.8 Å². The molecule has 0 aliphatic heterocycles. The van der Waals surface area contributed by atoms with Crippen LogP contribution in [0.3, 0.4) is 0 Å². The molecule has 2 aromatic rings. The van der Waals surface area contributed by atoms with Gasteiger partial charge in [-0.3, -0.25) is 9.35 Å². The second kappa shape index (κ2) is 8.12. The highest BCUT2D eigenvalue weighted by Gasteiger charge is 2.22. The Morgan fingerprint density at radius 1 is 1.38 bits per heavy atom. The Morgan fingerprint density at radius 2 is 2.08 bits per heavy atom. The first-order valence-electron chi connectivity index (χ1n) is 7.70. The van der Waals surface area contributed by atoms with Crippen LogP contribution in [-0.4, -0.2) is 34.1 Å². The van der Waals surface area contributed by atoms with Gasteiger partial charge in [-0.25, -0.2) is 0 Å². The van der Waals surface area contributed by atoms with E-state index in [1.807, 2.05) is 6.92 Å². The number of hydrogen-bond donors (Lipinski definition) is 3. The Hall–Kier alpha value is -2.01. The summed E-state index contributed by atoms with van der Waals surface area (Å²) in [4.78, 5) is 11.4. The molecule has 1 atom stereocenters. The molecule has 0 bridgehead atoms. The predicted molar refractivity (Wildman–Crippen MR) is 91.5 cm³/mol. The number of aromatic hydroxyl groups is 1. The van der Waals surface area contributed by atoms with Crippen LogP contribution in [0.25, 0.3) is 0 Å². The van der Waals surface area contributed by atoms with Crippen LogP contribution in [0.5, 0.6) is 5.75 Å². The molecule has 4 N–H and O–H groups in total. The predicted octanol–water partition coefficient (Wildman–Crippen LogP) is 1.83. The fourth-order valence-corrected chi connectivity index (χ4v) is 3.22. The van der Waals surface area contributed by atoms with Crippen LogP contribution in [-0.2, 0) is 27.8 Å². The van der Waals surface area contributed by atoms with Gasteiger partial charge in [0.2, 0.25) is 11.8 Å². The third-order valence-electron chi connectivity index (χ3n) is 3.62. The largest absolute Gasteiger partial charge is 0.506 e. The summed E-state index contributed by atoms with van der Waals surface area (Å²) < 4.78 is 36.9. The number of nitrogens with zero attached hydrogens (tertiary/aromatic N) is 2. The van der Waals surface area contributed by atoms with Crippen LogP contribution < -0.4 is 5.73 Å². The number of Topliss-reactive ketones (excluding diaryl/α,β-unsaturated/α-hetero) is 1. The molecule has 11 heteroatoms. The molecule has 9 nitrogen and oxygen atoms in total. The fraction of sp³-hybridized carbons (Fsp3) is 0.400. The quantitative estimate of drug-likeness (QED) is 0.559. The van der Waals surface area contributed by atoms with Crippen molar-refractivity contribution in [3.63, 3.8) is 0 Å². The smallest absolute Gasteiger partial charge is 0.298 e. The molecule has 1 aromatic carbocycles. The van der Waals surface area contributed by atoms with Crippen molar-refractivity contribution in [2.24, 2.45) is 5.73 Å². The summed E-state index contributed by atoms with van der Waals surface area (Å²) in [6.07, 6.45) is 0.573. The number of hydrogen-bond acceptors (Lipinski definition) is 8. The maximum Gasteiger partial charge on any atom is 0.298 e. The van der Waals surface area contributed by atoms with Crippen LogP contribution in [0.4, 0.5) is 0 Å². The van der Waals surface area contributed by atoms with Crippen molar-refractivity contribution < 1.29 is 27.3 Å². The average molecular weight is 404 g/mol. The molecule has 2 rings (SSSR count). The highest BCUT2D eigenvalue weighted by atomic mass is 35.5. The van der Waals surface area contributed by atoms with Crippen molar-refractivity contribution in [2.75, 3.05) is 0 Å². The first-order valence-corrected chi connectivity index (χ1v) is 9.52. The van der Waals surface area contributed by atoms with Gasteiger partial charge in [-0.1, -0.05) is 18.5 Å². The number of phenolic OH excluding ortho intramolecular Hbond substituents is 1. The molecule has 142 valence electrons. The average Bonchev–Trinajstić information content (AvgIpc) is 3.04. The molecule has 0 radical (unpaired) electrons. The second-order valence-corrected chi connectivity index (χ2v) is 7.46. The van der Waals surface area contributed by atoms with Crippen molar-refractivity contribution in [2.45, 2.75) is 43.5 Å². The van der Waals surface area contributed by atoms with E-state index >= 15 is 0 Å². The highest BCUT2D eigenvalue weighted by molar-refractivity contribution is 7.86. The fourth-order valence-electron chi connectivity index (χ4n) is 2.26. The second-order valence-electron chi connectivity index (χ2n) is 5.63. The maximum atomic E-state index is 12.1. The van der Waals surface area contributed by atoms with Crippen LogP contribution in [0.1, 0.15) is 43.2 Å². The number of aryl methyl sites for hydroxylation is 1. The van der Waals surface area contributed by atoms with Crippen molar-refractivity contribution in [1.82, 2.24) is 10.2 Å². The van der Waals surface area contributed by atoms with Gasteiger partial charge in [0.05, 0.1) is 6.04 Å². The van der Waals surface area contributed by atoms with E-state index in [1.165, 1.54) is 6.07 Å². The molecular weight excluding hydrogens is 386 g/mol. The van der Waals surface area contributed by atoms with Crippen LogP contribution >= 0.6 is 11.6 Å². The lowest BCUT2D eigenvalue weighted by atomic mass is 10.0. The molecule has 0 saturated carbocycles. The standard InChI is InChI=1S/C15H18ClN3O6S/c1-2-13-18-19-15(25-13)11(17)4-3-10(20)6-8-5-9(16)7-12(14(8)21)26(22,23)24/h5,7,11,21H,2-4,6,17H2,1H3,(H,22,23,24)/t11-/m0/s1. The number of rotatable bonds is 8. The molecule has 0 saturated heterocycles. The van der Waals surface area contributed by atoms with Gasteiger partial charge in [-0.2, -0.15) is 8.42 Å². The van der Waals surface area contributed by atoms with Gasteiger partial charge in [0.15, 0.2) is 0 Å². The zero-order chi connectivity index (χ0) is 19.5. The Balaban J connectivity index is 2.05. The summed E-state index contributed by atoms with van der Waals surface area (Å²) in [6, 6.07) is 1.54. The minimum absolute atomic E-state index is 0.00486. The van der Waals surface area contributed by atoms with E-state index in [1.54, 1.807) is 0 Å². The molecule has 0 aliphatic rings. The minimum Gasteiger partial charge on any atom is -0.506 e. The zero-order valence-corrected chi connectivity index (χ0v) is 15.4. The number of ketones is 1. The van der Waals surface area contributed by atoms with Gasteiger partial charge < -0.3 is 15.3 Å². The maximum absolute atomic E-state index is 12.1. The van der Waals surface area contributed by atoms with Gasteiger partial charge >= 0.3 is 0 Å². The van der Waals surface area contributed by atoms with Gasteiger partial charge in [-0.05, 0) is 18.6 Å². The molecule has 0 fully saturated rings. The monoisotopic (exact) mass is 403 g/mol. The molecule has 26 heavy (non-hydrogen) atoms. The molecular formula is C15H18ClN3O6S. The molecule has 1 heterocycles. The van der Waals surface area contributed by atoms with E-state index in [-0.39, 0.29) is 41.5 Å². The van der Waals surface area contributed by atoms with Gasteiger partial charge in [0.1, 0.15) is 16.4 Å². The first kappa shape index (κ1) is 20.3. The third kappa shape index (κ3) is 5.01. The number of carbonyl (C=O) groups excluding carboxylic acids is 1. The Morgan fingerprint density at radius 3 is 2.65 bits per heavy atom. The lowest BCUT2D eigenvalue weighted by molar-refractivity contribution is -0.118. The Kier molecular flexibility index (Phi) is 6.34. The van der Waals surface area contributed by atoms with E-state index in [0.717, 1.165) is 6.07 Å². The van der Waals surface area contributed by atoms with Crippen LogP contribution in [0.15, 0.2) is 21.4 Å². The van der Waals surface area contributed by atoms with Gasteiger partial charge in [0.25, 0.3) is 10.1 Å². The van der Waals surface area contributed by atoms with E-state index in [9.17, 15) is 18.3 Å². The highest BCUT2D eigenvalue weighted by Crippen LogP contribution is 2.31. The SMILES string of the molecule is CCc1nnc([C@@H](N)CCC(=O)Cc2cc(Cl)cc(S(=O)(=O)O)c2O)o1. The normalized spacial score (nSPS) is 12.9. The summed E-state index contributed by atoms with van der Waals surface area (Å²) in [6.45, 7) is 1.85. The van der Waals surface area contributed by atoms with E-state index in [4.69, 9.17) is 26.3 Å². The molecule has 0 amide bonds. The molecule has 0 aliphatic carbocycles. The zero-order valence-electron chi connectivity index (χ0n) is 13.8. The molecule has 0 unspecified atom stereocenters. The minimum atomic E-state index is -4.67. The van der Waals surface area contributed by atoms with Gasteiger partial charge in [0, 0.05) is 29.8 Å². The number of halogens is 1. The lowest BCUT2D eigenvalue weighted by Gasteiger charge is -2.10. The number of phenols is 1. The van der Waals surface area contributed by atoms with Gasteiger partial charge in [-0.15, -0.1) is 10.2 Å². The summed E-state index contributed by atoms with van der Waals surface area (Å²) in [7, 11) is -4.67. The van der Waals surface area contributed by atoms with Crippen LogP contribution in [0, 0.1) is 0 Å². The van der Waals surface area contributed by atoms with E-state index in [0.29, 0.717) is 12.3 Å².